The van der Waals surface area contributed by atoms with Crippen LogP contribution in [0.15, 0.2) is 24.4 Å². The highest BCUT2D eigenvalue weighted by Crippen LogP contribution is 2.24. The molecule has 0 bridgehead atoms. The molecule has 0 saturated carbocycles. The third-order valence-corrected chi connectivity index (χ3v) is 6.70. The Labute approximate surface area is 118 Å². The minimum absolute atomic E-state index is 0.175. The first kappa shape index (κ1) is 16.4. The largest absolute Gasteiger partial charge is 0.524 e. The summed E-state index contributed by atoms with van der Waals surface area (Å²) >= 11 is 0. The summed E-state index contributed by atoms with van der Waals surface area (Å²) in [5.74, 6) is 0. The van der Waals surface area contributed by atoms with Crippen LogP contribution < -0.4 is 0 Å². The van der Waals surface area contributed by atoms with Crippen molar-refractivity contribution < 1.29 is 13.3 Å². The lowest BCUT2D eigenvalue weighted by Crippen LogP contribution is -2.62. The van der Waals surface area contributed by atoms with Crippen molar-refractivity contribution in [2.45, 2.75) is 39.8 Å². The van der Waals surface area contributed by atoms with E-state index < -0.39 is 8.80 Å². The van der Waals surface area contributed by atoms with Crippen LogP contribution in [0.2, 0.25) is 0 Å². The van der Waals surface area contributed by atoms with Gasteiger partial charge in [0, 0.05) is 26.4 Å². The number of rotatable bonds is 9. The molecule has 1 unspecified atom stereocenters. The molecule has 19 heavy (non-hydrogen) atoms. The Balaban J connectivity index is 2.95. The topological polar surface area (TPSA) is 30.9 Å². The first-order valence-corrected chi connectivity index (χ1v) is 9.05. The molecule has 0 fully saturated rings. The molecule has 1 aliphatic heterocycles. The van der Waals surface area contributed by atoms with Crippen LogP contribution in [0.5, 0.6) is 0 Å². The van der Waals surface area contributed by atoms with Crippen LogP contribution in [0.3, 0.4) is 0 Å². The van der Waals surface area contributed by atoms with Crippen molar-refractivity contribution in [2.75, 3.05) is 26.4 Å². The molecule has 0 saturated heterocycles. The average Bonchev–Trinajstić information content (AvgIpc) is 2.41. The van der Waals surface area contributed by atoms with E-state index in [9.17, 15) is 0 Å². The summed E-state index contributed by atoms with van der Waals surface area (Å²) in [6, 6.07) is 0. The number of hydrogen-bond acceptors (Lipinski definition) is 4. The van der Waals surface area contributed by atoms with E-state index in [4.69, 9.17) is 13.3 Å². The minimum Gasteiger partial charge on any atom is -0.373 e. The molecule has 0 N–H and O–H groups in total. The summed E-state index contributed by atoms with van der Waals surface area (Å²) in [4.78, 5) is 2.27. The first-order valence-electron chi connectivity index (χ1n) is 7.24. The second-order valence-corrected chi connectivity index (χ2v) is 7.03. The van der Waals surface area contributed by atoms with Crippen LogP contribution in [-0.4, -0.2) is 45.7 Å². The molecule has 1 heterocycles. The van der Waals surface area contributed by atoms with E-state index in [1.54, 1.807) is 0 Å². The molecule has 0 amide bonds. The molecule has 1 aliphatic rings. The van der Waals surface area contributed by atoms with E-state index in [2.05, 4.69) is 36.3 Å². The van der Waals surface area contributed by atoms with Gasteiger partial charge in [-0.1, -0.05) is 19.1 Å². The molecule has 0 aromatic carbocycles. The van der Waals surface area contributed by atoms with Crippen LogP contribution in [-0.2, 0) is 13.3 Å². The van der Waals surface area contributed by atoms with Gasteiger partial charge in [-0.15, -0.1) is 0 Å². The molecule has 0 aromatic rings. The summed E-state index contributed by atoms with van der Waals surface area (Å²) < 4.78 is 18.0. The van der Waals surface area contributed by atoms with Crippen molar-refractivity contribution in [1.82, 2.24) is 4.90 Å². The lowest BCUT2D eigenvalue weighted by atomic mass is 10.3. The maximum atomic E-state index is 6.01. The second-order valence-electron chi connectivity index (χ2n) is 4.29. The lowest BCUT2D eigenvalue weighted by molar-refractivity contribution is 0.0436. The summed E-state index contributed by atoms with van der Waals surface area (Å²) in [6.07, 6.45) is 9.31. The highest BCUT2D eigenvalue weighted by atomic mass is 28.4. The SMILES string of the molecule is CCO[Si](OCC)(OCC)C(CC)N1C=CC=CC1. The monoisotopic (exact) mass is 285 g/mol. The fraction of sp³-hybridized carbons (Fsp3) is 0.714. The maximum absolute atomic E-state index is 6.01. The van der Waals surface area contributed by atoms with Crippen molar-refractivity contribution in [3.8, 4) is 0 Å². The van der Waals surface area contributed by atoms with Crippen LogP contribution >= 0.6 is 0 Å². The Bertz CT molecular complexity index is 290. The van der Waals surface area contributed by atoms with E-state index in [0.717, 1.165) is 13.0 Å². The molecule has 0 aliphatic carbocycles. The first-order chi connectivity index (χ1) is 9.24. The Morgan fingerprint density at radius 1 is 1.00 bits per heavy atom. The van der Waals surface area contributed by atoms with E-state index in [0.29, 0.717) is 19.8 Å². The fourth-order valence-corrected chi connectivity index (χ4v) is 5.55. The van der Waals surface area contributed by atoms with Gasteiger partial charge in [0.1, 0.15) is 0 Å². The maximum Gasteiger partial charge on any atom is 0.524 e. The zero-order chi connectivity index (χ0) is 14.1. The zero-order valence-corrected chi connectivity index (χ0v) is 13.6. The predicted molar refractivity (Wildman–Crippen MR) is 79.7 cm³/mol. The van der Waals surface area contributed by atoms with Crippen molar-refractivity contribution in [3.05, 3.63) is 24.4 Å². The third kappa shape index (κ3) is 4.17. The Kier molecular flexibility index (Phi) is 7.38. The van der Waals surface area contributed by atoms with Crippen LogP contribution in [0, 0.1) is 0 Å². The standard InChI is InChI=1S/C14H27NO3Si/c1-5-14(15-12-10-9-11-13-15)19(16-6-2,17-7-3)18-8-4/h9-12,14H,5-8,13H2,1-4H3. The molecular weight excluding hydrogens is 258 g/mol. The Hall–Kier alpha value is -0.623. The van der Waals surface area contributed by atoms with Gasteiger partial charge in [-0.05, 0) is 39.5 Å². The van der Waals surface area contributed by atoms with Gasteiger partial charge in [-0.3, -0.25) is 0 Å². The Morgan fingerprint density at radius 3 is 1.95 bits per heavy atom. The molecule has 0 radical (unpaired) electrons. The summed E-state index contributed by atoms with van der Waals surface area (Å²) in [5.41, 5.74) is 0.175. The molecule has 0 aromatic heterocycles. The molecule has 5 heteroatoms. The minimum atomic E-state index is -2.67. The molecule has 1 rings (SSSR count). The highest BCUT2D eigenvalue weighted by molar-refractivity contribution is 6.62. The van der Waals surface area contributed by atoms with Crippen molar-refractivity contribution in [3.63, 3.8) is 0 Å². The quantitative estimate of drug-likeness (QED) is 0.610. The third-order valence-electron chi connectivity index (χ3n) is 3.07. The van der Waals surface area contributed by atoms with Crippen molar-refractivity contribution in [1.29, 1.82) is 0 Å². The van der Waals surface area contributed by atoms with Gasteiger partial charge in [0.05, 0.1) is 5.67 Å². The van der Waals surface area contributed by atoms with Gasteiger partial charge < -0.3 is 18.2 Å². The van der Waals surface area contributed by atoms with Crippen LogP contribution in [0.4, 0.5) is 0 Å². The van der Waals surface area contributed by atoms with E-state index in [-0.39, 0.29) is 5.67 Å². The van der Waals surface area contributed by atoms with Crippen molar-refractivity contribution >= 4 is 8.80 Å². The van der Waals surface area contributed by atoms with Gasteiger partial charge in [0.15, 0.2) is 0 Å². The number of nitrogens with zero attached hydrogens (tertiary/aromatic N) is 1. The van der Waals surface area contributed by atoms with E-state index in [1.165, 1.54) is 0 Å². The van der Waals surface area contributed by atoms with Crippen molar-refractivity contribution in [2.24, 2.45) is 0 Å². The van der Waals surface area contributed by atoms with Crippen LogP contribution in [0.1, 0.15) is 34.1 Å². The van der Waals surface area contributed by atoms with Gasteiger partial charge in [-0.25, -0.2) is 0 Å². The second kappa shape index (κ2) is 8.53. The normalized spacial score (nSPS) is 16.9. The highest BCUT2D eigenvalue weighted by Gasteiger charge is 2.50. The van der Waals surface area contributed by atoms with Crippen LogP contribution in [0.25, 0.3) is 0 Å². The number of hydrogen-bond donors (Lipinski definition) is 0. The summed E-state index contributed by atoms with van der Waals surface area (Å²) in [5, 5.41) is 0. The molecule has 0 spiro atoms. The fourth-order valence-electron chi connectivity index (χ4n) is 2.42. The Morgan fingerprint density at radius 2 is 1.58 bits per heavy atom. The van der Waals surface area contributed by atoms with Gasteiger partial charge >= 0.3 is 8.80 Å². The summed E-state index contributed by atoms with van der Waals surface area (Å²) in [6.45, 7) is 10.9. The smallest absolute Gasteiger partial charge is 0.373 e. The molecule has 1 atom stereocenters. The van der Waals surface area contributed by atoms with Gasteiger partial charge in [0.25, 0.3) is 0 Å². The van der Waals surface area contributed by atoms with E-state index >= 15 is 0 Å². The predicted octanol–water partition coefficient (Wildman–Crippen LogP) is 2.74. The molecule has 4 nitrogen and oxygen atoms in total. The zero-order valence-electron chi connectivity index (χ0n) is 12.6. The number of allylic oxidation sites excluding steroid dienone is 2. The average molecular weight is 285 g/mol. The molecule has 110 valence electrons. The van der Waals surface area contributed by atoms with Gasteiger partial charge in [-0.2, -0.15) is 0 Å². The molecular formula is C14H27NO3Si. The lowest BCUT2D eigenvalue weighted by Gasteiger charge is -2.40. The van der Waals surface area contributed by atoms with Gasteiger partial charge in [0.2, 0.25) is 0 Å². The summed E-state index contributed by atoms with van der Waals surface area (Å²) in [7, 11) is -2.67. The van der Waals surface area contributed by atoms with E-state index in [1.807, 2.05) is 20.8 Å².